The monoisotopic (exact) mass is 288 g/mol. The molecule has 20 heavy (non-hydrogen) atoms. The van der Waals surface area contributed by atoms with Gasteiger partial charge in [-0.15, -0.1) is 0 Å². The van der Waals surface area contributed by atoms with Crippen LogP contribution in [0.25, 0.3) is 0 Å². The van der Waals surface area contributed by atoms with E-state index in [0.29, 0.717) is 16.3 Å². The van der Waals surface area contributed by atoms with E-state index in [0.717, 1.165) is 5.56 Å². The zero-order chi connectivity index (χ0) is 14.8. The van der Waals surface area contributed by atoms with Crippen LogP contribution >= 0.6 is 11.6 Å². The van der Waals surface area contributed by atoms with Crippen LogP contribution in [0.15, 0.2) is 48.5 Å². The maximum absolute atomic E-state index is 12.7. The van der Waals surface area contributed by atoms with Crippen molar-refractivity contribution in [1.82, 2.24) is 0 Å². The van der Waals surface area contributed by atoms with E-state index in [1.165, 1.54) is 0 Å². The number of carbonyl (C=O) groups is 1. The number of rotatable bonds is 4. The van der Waals surface area contributed by atoms with Gasteiger partial charge in [0, 0.05) is 5.56 Å². The number of Topliss-reactive ketones (excluding diaryl/α,β-unsaturated/α-hetero) is 1. The van der Waals surface area contributed by atoms with Crippen LogP contribution < -0.4 is 4.74 Å². The number of halogens is 1. The van der Waals surface area contributed by atoms with Gasteiger partial charge in [-0.25, -0.2) is 0 Å². The zero-order valence-corrected chi connectivity index (χ0v) is 12.6. The van der Waals surface area contributed by atoms with E-state index in [9.17, 15) is 4.79 Å². The minimum atomic E-state index is -0.598. The van der Waals surface area contributed by atoms with Crippen molar-refractivity contribution in [1.29, 1.82) is 0 Å². The van der Waals surface area contributed by atoms with Crippen LogP contribution in [0.5, 0.6) is 5.75 Å². The first kappa shape index (κ1) is 14.6. The molecule has 0 N–H and O–H groups in total. The van der Waals surface area contributed by atoms with E-state index in [2.05, 4.69) is 0 Å². The Hall–Kier alpha value is -1.80. The highest BCUT2D eigenvalue weighted by atomic mass is 35.5. The van der Waals surface area contributed by atoms with Crippen LogP contribution in [0.4, 0.5) is 0 Å². The number of benzene rings is 2. The smallest absolute Gasteiger partial charge is 0.172 e. The summed E-state index contributed by atoms with van der Waals surface area (Å²) in [7, 11) is 1.55. The molecule has 2 rings (SSSR count). The van der Waals surface area contributed by atoms with Crippen molar-refractivity contribution in [2.24, 2.45) is 0 Å². The standard InChI is InChI=1S/C17H17ClO2/c1-17(2,13-7-5-4-6-8-13)16(19)12-9-10-15(20-3)14(18)11-12/h4-11H,1-3H3. The third-order valence-electron chi connectivity index (χ3n) is 3.48. The van der Waals surface area contributed by atoms with Gasteiger partial charge in [0.1, 0.15) is 5.75 Å². The lowest BCUT2D eigenvalue weighted by atomic mass is 9.78. The van der Waals surface area contributed by atoms with Crippen molar-refractivity contribution < 1.29 is 9.53 Å². The molecular weight excluding hydrogens is 272 g/mol. The lowest BCUT2D eigenvalue weighted by molar-refractivity contribution is 0.0908. The summed E-state index contributed by atoms with van der Waals surface area (Å²) in [4.78, 5) is 12.7. The molecule has 0 aliphatic carbocycles. The molecule has 2 aromatic rings. The Morgan fingerprint density at radius 1 is 1.10 bits per heavy atom. The van der Waals surface area contributed by atoms with Gasteiger partial charge in [0.25, 0.3) is 0 Å². The third kappa shape index (κ3) is 2.70. The quantitative estimate of drug-likeness (QED) is 0.774. The summed E-state index contributed by atoms with van der Waals surface area (Å²) in [6.45, 7) is 3.84. The molecule has 0 unspecified atom stereocenters. The summed E-state index contributed by atoms with van der Waals surface area (Å²) in [6.07, 6.45) is 0. The lowest BCUT2D eigenvalue weighted by Crippen LogP contribution is -2.29. The molecule has 0 bridgehead atoms. The highest BCUT2D eigenvalue weighted by Crippen LogP contribution is 2.31. The molecular formula is C17H17ClO2. The molecule has 0 spiro atoms. The summed E-state index contributed by atoms with van der Waals surface area (Å²) in [5, 5.41) is 0.446. The second kappa shape index (κ2) is 5.68. The predicted molar refractivity (Wildman–Crippen MR) is 81.8 cm³/mol. The fourth-order valence-corrected chi connectivity index (χ4v) is 2.41. The normalized spacial score (nSPS) is 11.2. The van der Waals surface area contributed by atoms with Crippen LogP contribution in [-0.4, -0.2) is 12.9 Å². The van der Waals surface area contributed by atoms with E-state index >= 15 is 0 Å². The minimum absolute atomic E-state index is 0.0354. The van der Waals surface area contributed by atoms with E-state index in [4.69, 9.17) is 16.3 Å². The Bertz CT molecular complexity index is 618. The van der Waals surface area contributed by atoms with Gasteiger partial charge in [-0.2, -0.15) is 0 Å². The van der Waals surface area contributed by atoms with Gasteiger partial charge in [-0.1, -0.05) is 41.9 Å². The minimum Gasteiger partial charge on any atom is -0.495 e. The topological polar surface area (TPSA) is 26.3 Å². The summed E-state index contributed by atoms with van der Waals surface area (Å²) >= 11 is 6.09. The molecule has 0 aromatic heterocycles. The van der Waals surface area contributed by atoms with Gasteiger partial charge >= 0.3 is 0 Å². The van der Waals surface area contributed by atoms with Crippen LogP contribution in [-0.2, 0) is 5.41 Å². The number of carbonyl (C=O) groups excluding carboxylic acids is 1. The molecule has 2 nitrogen and oxygen atoms in total. The molecule has 0 atom stereocenters. The first-order chi connectivity index (χ1) is 9.46. The SMILES string of the molecule is COc1ccc(C(=O)C(C)(C)c2ccccc2)cc1Cl. The maximum Gasteiger partial charge on any atom is 0.172 e. The molecule has 0 heterocycles. The average molecular weight is 289 g/mol. The second-order valence-electron chi connectivity index (χ2n) is 5.17. The number of hydrogen-bond acceptors (Lipinski definition) is 2. The fraction of sp³-hybridized carbons (Fsp3) is 0.235. The number of ketones is 1. The summed E-state index contributed by atoms with van der Waals surface area (Å²) in [6, 6.07) is 14.9. The summed E-state index contributed by atoms with van der Waals surface area (Å²) < 4.78 is 5.11. The zero-order valence-electron chi connectivity index (χ0n) is 11.8. The Balaban J connectivity index is 2.38. The Labute approximate surface area is 124 Å². The van der Waals surface area contributed by atoms with Gasteiger partial charge in [0.05, 0.1) is 17.5 Å². The number of methoxy groups -OCH3 is 1. The molecule has 104 valence electrons. The summed E-state index contributed by atoms with van der Waals surface area (Å²) in [5.74, 6) is 0.606. The van der Waals surface area contributed by atoms with Crippen molar-refractivity contribution in [3.8, 4) is 5.75 Å². The van der Waals surface area contributed by atoms with Crippen LogP contribution in [0.2, 0.25) is 5.02 Å². The van der Waals surface area contributed by atoms with Gasteiger partial charge in [0.2, 0.25) is 0 Å². The number of ether oxygens (including phenoxy) is 1. The molecule has 0 saturated heterocycles. The Kier molecular flexibility index (Phi) is 4.15. The van der Waals surface area contributed by atoms with Crippen LogP contribution in [0.1, 0.15) is 29.8 Å². The van der Waals surface area contributed by atoms with Gasteiger partial charge < -0.3 is 4.74 Å². The van der Waals surface area contributed by atoms with Gasteiger partial charge in [-0.05, 0) is 37.6 Å². The summed E-state index contributed by atoms with van der Waals surface area (Å²) in [5.41, 5.74) is 0.973. The maximum atomic E-state index is 12.7. The van der Waals surface area contributed by atoms with Gasteiger partial charge in [-0.3, -0.25) is 4.79 Å². The van der Waals surface area contributed by atoms with Crippen molar-refractivity contribution in [3.05, 3.63) is 64.7 Å². The van der Waals surface area contributed by atoms with E-state index in [-0.39, 0.29) is 5.78 Å². The predicted octanol–water partition coefficient (Wildman–Crippen LogP) is 4.51. The molecule has 0 radical (unpaired) electrons. The van der Waals surface area contributed by atoms with Crippen molar-refractivity contribution in [3.63, 3.8) is 0 Å². The molecule has 0 aliphatic rings. The van der Waals surface area contributed by atoms with E-state index in [1.54, 1.807) is 25.3 Å². The molecule has 0 fully saturated rings. The largest absolute Gasteiger partial charge is 0.495 e. The molecule has 3 heteroatoms. The number of hydrogen-bond donors (Lipinski definition) is 0. The first-order valence-electron chi connectivity index (χ1n) is 6.40. The van der Waals surface area contributed by atoms with Crippen LogP contribution in [0, 0.1) is 0 Å². The van der Waals surface area contributed by atoms with Gasteiger partial charge in [0.15, 0.2) is 5.78 Å². The van der Waals surface area contributed by atoms with E-state index < -0.39 is 5.41 Å². The highest BCUT2D eigenvalue weighted by molar-refractivity contribution is 6.32. The van der Waals surface area contributed by atoms with Crippen molar-refractivity contribution in [2.75, 3.05) is 7.11 Å². The van der Waals surface area contributed by atoms with Crippen molar-refractivity contribution >= 4 is 17.4 Å². The average Bonchev–Trinajstić information content (AvgIpc) is 2.47. The highest BCUT2D eigenvalue weighted by Gasteiger charge is 2.30. The molecule has 0 amide bonds. The Morgan fingerprint density at radius 2 is 1.75 bits per heavy atom. The first-order valence-corrected chi connectivity index (χ1v) is 6.78. The Morgan fingerprint density at radius 3 is 2.30 bits per heavy atom. The van der Waals surface area contributed by atoms with Crippen molar-refractivity contribution in [2.45, 2.75) is 19.3 Å². The third-order valence-corrected chi connectivity index (χ3v) is 3.77. The second-order valence-corrected chi connectivity index (χ2v) is 5.58. The van der Waals surface area contributed by atoms with Crippen LogP contribution in [0.3, 0.4) is 0 Å². The fourth-order valence-electron chi connectivity index (χ4n) is 2.15. The molecule has 0 saturated carbocycles. The van der Waals surface area contributed by atoms with E-state index in [1.807, 2.05) is 44.2 Å². The molecule has 0 aliphatic heterocycles. The lowest BCUT2D eigenvalue weighted by Gasteiger charge is -2.24. The molecule has 2 aromatic carbocycles.